The Morgan fingerprint density at radius 3 is 3.21 bits per heavy atom. The average molecular weight is 212 g/mol. The van der Waals surface area contributed by atoms with E-state index in [0.717, 1.165) is 17.6 Å². The molecule has 2 rings (SSSR count). The predicted octanol–water partition coefficient (Wildman–Crippen LogP) is 1.10. The Labute approximate surface area is 88.1 Å². The van der Waals surface area contributed by atoms with E-state index >= 15 is 0 Å². The first-order valence-electron chi connectivity index (χ1n) is 5.04. The number of piperidine rings is 1. The summed E-state index contributed by atoms with van der Waals surface area (Å²) < 4.78 is 0. The first-order valence-corrected chi connectivity index (χ1v) is 5.92. The Balaban J connectivity index is 2.10. The zero-order chi connectivity index (χ0) is 9.97. The van der Waals surface area contributed by atoms with Crippen molar-refractivity contribution in [3.8, 4) is 0 Å². The van der Waals surface area contributed by atoms with Gasteiger partial charge in [0.1, 0.15) is 5.51 Å². The molecule has 1 fully saturated rings. The quantitative estimate of drug-likeness (QED) is 0.797. The van der Waals surface area contributed by atoms with Crippen molar-refractivity contribution in [2.24, 2.45) is 11.7 Å². The standard InChI is InChI=1S/C9H16N4S/c1-7-2-3-13(8(4-7)5-10)9-12-11-6-14-9/h6-8H,2-5,10H2,1H3. The molecule has 0 aromatic carbocycles. The number of rotatable bonds is 2. The van der Waals surface area contributed by atoms with Gasteiger partial charge in [-0.1, -0.05) is 18.3 Å². The van der Waals surface area contributed by atoms with Crippen molar-refractivity contribution in [1.82, 2.24) is 10.2 Å². The lowest BCUT2D eigenvalue weighted by Crippen LogP contribution is -2.46. The van der Waals surface area contributed by atoms with Crippen LogP contribution in [-0.4, -0.2) is 29.3 Å². The van der Waals surface area contributed by atoms with Gasteiger partial charge in [0, 0.05) is 19.1 Å². The maximum Gasteiger partial charge on any atom is 0.208 e. The van der Waals surface area contributed by atoms with Crippen LogP contribution in [0.1, 0.15) is 19.8 Å². The second-order valence-corrected chi connectivity index (χ2v) is 4.75. The molecule has 0 bridgehead atoms. The van der Waals surface area contributed by atoms with Crippen molar-refractivity contribution in [3.05, 3.63) is 5.51 Å². The van der Waals surface area contributed by atoms with Gasteiger partial charge in [-0.3, -0.25) is 0 Å². The number of hydrogen-bond donors (Lipinski definition) is 1. The second kappa shape index (κ2) is 4.23. The van der Waals surface area contributed by atoms with E-state index in [1.165, 1.54) is 12.8 Å². The Morgan fingerprint density at radius 2 is 2.57 bits per heavy atom. The fourth-order valence-corrected chi connectivity index (χ4v) is 2.68. The highest BCUT2D eigenvalue weighted by Gasteiger charge is 2.26. The lowest BCUT2D eigenvalue weighted by molar-refractivity contribution is 0.366. The summed E-state index contributed by atoms with van der Waals surface area (Å²) >= 11 is 1.60. The van der Waals surface area contributed by atoms with Crippen molar-refractivity contribution in [1.29, 1.82) is 0 Å². The normalized spacial score (nSPS) is 28.0. The fourth-order valence-electron chi connectivity index (χ4n) is 2.02. The molecule has 0 saturated carbocycles. The molecule has 1 aliphatic rings. The van der Waals surface area contributed by atoms with E-state index in [1.54, 1.807) is 16.8 Å². The van der Waals surface area contributed by atoms with Crippen molar-refractivity contribution < 1.29 is 0 Å². The number of nitrogens with two attached hydrogens (primary N) is 1. The highest BCUT2D eigenvalue weighted by Crippen LogP contribution is 2.27. The van der Waals surface area contributed by atoms with Crippen LogP contribution in [0, 0.1) is 5.92 Å². The summed E-state index contributed by atoms with van der Waals surface area (Å²) in [5.41, 5.74) is 7.56. The van der Waals surface area contributed by atoms with Crippen LogP contribution >= 0.6 is 11.3 Å². The highest BCUT2D eigenvalue weighted by molar-refractivity contribution is 7.13. The molecule has 2 atom stereocenters. The van der Waals surface area contributed by atoms with Gasteiger partial charge in [0.15, 0.2) is 0 Å². The molecule has 0 radical (unpaired) electrons. The molecule has 0 spiro atoms. The SMILES string of the molecule is CC1CCN(c2nncs2)C(CN)C1. The van der Waals surface area contributed by atoms with E-state index in [-0.39, 0.29) is 0 Å². The molecule has 14 heavy (non-hydrogen) atoms. The largest absolute Gasteiger partial charge is 0.342 e. The maximum atomic E-state index is 5.78. The zero-order valence-corrected chi connectivity index (χ0v) is 9.20. The summed E-state index contributed by atoms with van der Waals surface area (Å²) in [5, 5.41) is 8.99. The van der Waals surface area contributed by atoms with E-state index in [2.05, 4.69) is 22.0 Å². The molecule has 2 unspecified atom stereocenters. The summed E-state index contributed by atoms with van der Waals surface area (Å²) in [4.78, 5) is 2.30. The molecule has 0 aliphatic carbocycles. The first-order chi connectivity index (χ1) is 6.81. The molecule has 78 valence electrons. The fraction of sp³-hybridized carbons (Fsp3) is 0.778. The Hall–Kier alpha value is -0.680. The van der Waals surface area contributed by atoms with E-state index in [9.17, 15) is 0 Å². The summed E-state index contributed by atoms with van der Waals surface area (Å²) in [7, 11) is 0. The molecule has 1 aliphatic heterocycles. The Bertz CT molecular complexity index is 274. The van der Waals surface area contributed by atoms with Crippen molar-refractivity contribution >= 4 is 16.5 Å². The minimum Gasteiger partial charge on any atom is -0.342 e. The maximum absolute atomic E-state index is 5.78. The molecule has 5 heteroatoms. The van der Waals surface area contributed by atoms with Gasteiger partial charge in [-0.2, -0.15) is 0 Å². The van der Waals surface area contributed by atoms with Crippen molar-refractivity contribution in [3.63, 3.8) is 0 Å². The van der Waals surface area contributed by atoms with Gasteiger partial charge in [-0.05, 0) is 18.8 Å². The molecule has 2 N–H and O–H groups in total. The van der Waals surface area contributed by atoms with Gasteiger partial charge in [0.2, 0.25) is 5.13 Å². The first kappa shape index (κ1) is 9.86. The van der Waals surface area contributed by atoms with E-state index < -0.39 is 0 Å². The van der Waals surface area contributed by atoms with Gasteiger partial charge in [-0.15, -0.1) is 10.2 Å². The van der Waals surface area contributed by atoms with Crippen LogP contribution < -0.4 is 10.6 Å². The van der Waals surface area contributed by atoms with Gasteiger partial charge >= 0.3 is 0 Å². The third-order valence-electron chi connectivity index (χ3n) is 2.84. The zero-order valence-electron chi connectivity index (χ0n) is 8.39. The van der Waals surface area contributed by atoms with Crippen molar-refractivity contribution in [2.75, 3.05) is 18.0 Å². The minimum atomic E-state index is 0.451. The predicted molar refractivity (Wildman–Crippen MR) is 58.5 cm³/mol. The molecule has 1 saturated heterocycles. The molecule has 1 aromatic heterocycles. The minimum absolute atomic E-state index is 0.451. The molecular weight excluding hydrogens is 196 g/mol. The van der Waals surface area contributed by atoms with Gasteiger partial charge in [0.25, 0.3) is 0 Å². The third-order valence-corrected chi connectivity index (χ3v) is 3.57. The average Bonchev–Trinajstić information content (AvgIpc) is 2.70. The van der Waals surface area contributed by atoms with Crippen LogP contribution in [0.2, 0.25) is 0 Å². The lowest BCUT2D eigenvalue weighted by atomic mass is 9.93. The highest BCUT2D eigenvalue weighted by atomic mass is 32.1. The third kappa shape index (κ3) is 1.88. The van der Waals surface area contributed by atoms with E-state index in [4.69, 9.17) is 5.73 Å². The number of hydrogen-bond acceptors (Lipinski definition) is 5. The van der Waals surface area contributed by atoms with Crippen LogP contribution in [0.15, 0.2) is 5.51 Å². The molecule has 4 nitrogen and oxygen atoms in total. The van der Waals surface area contributed by atoms with Crippen LogP contribution in [0.5, 0.6) is 0 Å². The summed E-state index contributed by atoms with van der Waals surface area (Å²) in [6, 6.07) is 0.451. The summed E-state index contributed by atoms with van der Waals surface area (Å²) in [5.74, 6) is 0.785. The number of anilines is 1. The van der Waals surface area contributed by atoms with Crippen LogP contribution in [0.3, 0.4) is 0 Å². The topological polar surface area (TPSA) is 55.0 Å². The Morgan fingerprint density at radius 1 is 1.71 bits per heavy atom. The molecular formula is C9H16N4S. The second-order valence-electron chi connectivity index (χ2n) is 3.93. The molecule has 0 amide bonds. The van der Waals surface area contributed by atoms with Crippen LogP contribution in [0.25, 0.3) is 0 Å². The van der Waals surface area contributed by atoms with Gasteiger partial charge in [-0.25, -0.2) is 0 Å². The number of nitrogens with zero attached hydrogens (tertiary/aromatic N) is 3. The molecule has 2 heterocycles. The molecule has 1 aromatic rings. The monoisotopic (exact) mass is 212 g/mol. The summed E-state index contributed by atoms with van der Waals surface area (Å²) in [6.07, 6.45) is 2.41. The van der Waals surface area contributed by atoms with Gasteiger partial charge in [0.05, 0.1) is 0 Å². The lowest BCUT2D eigenvalue weighted by Gasteiger charge is -2.37. The smallest absolute Gasteiger partial charge is 0.208 e. The number of aromatic nitrogens is 2. The van der Waals surface area contributed by atoms with Crippen LogP contribution in [-0.2, 0) is 0 Å². The van der Waals surface area contributed by atoms with Crippen LogP contribution in [0.4, 0.5) is 5.13 Å². The van der Waals surface area contributed by atoms with Gasteiger partial charge < -0.3 is 10.6 Å². The Kier molecular flexibility index (Phi) is 2.98. The summed E-state index contributed by atoms with van der Waals surface area (Å²) in [6.45, 7) is 4.07. The van der Waals surface area contributed by atoms with E-state index in [0.29, 0.717) is 12.6 Å². The van der Waals surface area contributed by atoms with E-state index in [1.807, 2.05) is 0 Å². The van der Waals surface area contributed by atoms with Crippen molar-refractivity contribution in [2.45, 2.75) is 25.8 Å².